The first-order valence-electron chi connectivity index (χ1n) is 9.31. The third kappa shape index (κ3) is 4.07. The number of hydrogen-bond donors (Lipinski definition) is 1. The molecule has 1 N–H and O–H groups in total. The molecule has 1 heterocycles. The molecule has 0 spiro atoms. The molecule has 0 unspecified atom stereocenters. The van der Waals surface area contributed by atoms with E-state index >= 15 is 0 Å². The Balaban J connectivity index is 1.73. The van der Waals surface area contributed by atoms with E-state index in [-0.39, 0.29) is 0 Å². The molecule has 0 atom stereocenters. The summed E-state index contributed by atoms with van der Waals surface area (Å²) >= 11 is 0. The van der Waals surface area contributed by atoms with Gasteiger partial charge in [0.25, 0.3) is 0 Å². The maximum absolute atomic E-state index is 12.0. The number of allylic oxidation sites excluding steroid dienone is 1. The summed E-state index contributed by atoms with van der Waals surface area (Å²) in [5.41, 5.74) is 0.201. The van der Waals surface area contributed by atoms with Crippen LogP contribution in [0.2, 0.25) is 0 Å². The largest absolute Gasteiger partial charge is 0.478 e. The second-order valence-corrected chi connectivity index (χ2v) is 7.15. The van der Waals surface area contributed by atoms with Crippen molar-refractivity contribution >= 4 is 16.7 Å². The molecule has 0 radical (unpaired) electrons. The highest BCUT2D eigenvalue weighted by atomic mass is 16.5. The number of carboxylic acids is 1. The molecule has 0 bridgehead atoms. The molecule has 3 rings (SSSR count). The first-order chi connectivity index (χ1) is 12.5. The first-order valence-corrected chi connectivity index (χ1v) is 9.31. The summed E-state index contributed by atoms with van der Waals surface area (Å²) in [7, 11) is 0. The molecule has 4 heteroatoms. The summed E-state index contributed by atoms with van der Waals surface area (Å²) in [6.07, 6.45) is 4.25. The van der Waals surface area contributed by atoms with Gasteiger partial charge in [-0.3, -0.25) is 4.90 Å². The highest BCUT2D eigenvalue weighted by Crippen LogP contribution is 2.31. The number of likely N-dealkylation sites (tertiary alicyclic amines) is 1. The number of ether oxygens (including phenoxy) is 1. The van der Waals surface area contributed by atoms with Crippen molar-refractivity contribution < 1.29 is 14.6 Å². The maximum Gasteiger partial charge on any atom is 0.348 e. The van der Waals surface area contributed by atoms with Crippen molar-refractivity contribution in [2.75, 3.05) is 19.6 Å². The Morgan fingerprint density at radius 1 is 1.19 bits per heavy atom. The van der Waals surface area contributed by atoms with Gasteiger partial charge in [-0.25, -0.2) is 4.79 Å². The predicted octanol–water partition coefficient (Wildman–Crippen LogP) is 4.49. The summed E-state index contributed by atoms with van der Waals surface area (Å²) < 4.78 is 6.07. The lowest BCUT2D eigenvalue weighted by Gasteiger charge is -2.39. The number of carboxylic acid groups (broad SMARTS) is 1. The fraction of sp³-hybridized carbons (Fsp3) is 0.409. The fourth-order valence-electron chi connectivity index (χ4n) is 3.65. The number of hydrogen-bond acceptors (Lipinski definition) is 3. The molecular weight excluding hydrogens is 326 g/mol. The SMILES string of the molecule is CC/C=C(\C)CN1CCC(Oc2ccc3ccccc3c2)(C(=O)O)CC1. The number of rotatable bonds is 6. The summed E-state index contributed by atoms with van der Waals surface area (Å²) in [6, 6.07) is 13.8. The monoisotopic (exact) mass is 353 g/mol. The Kier molecular flexibility index (Phi) is 5.62. The lowest BCUT2D eigenvalue weighted by Crippen LogP contribution is -2.53. The minimum Gasteiger partial charge on any atom is -0.478 e. The van der Waals surface area contributed by atoms with Crippen LogP contribution in [-0.2, 0) is 4.79 Å². The molecule has 138 valence electrons. The molecule has 1 aliphatic rings. The van der Waals surface area contributed by atoms with Gasteiger partial charge in [-0.2, -0.15) is 0 Å². The van der Waals surface area contributed by atoms with Crippen LogP contribution in [0.4, 0.5) is 0 Å². The Bertz CT molecular complexity index is 804. The van der Waals surface area contributed by atoms with Crippen molar-refractivity contribution in [1.82, 2.24) is 4.90 Å². The van der Waals surface area contributed by atoms with Crippen molar-refractivity contribution in [3.63, 3.8) is 0 Å². The van der Waals surface area contributed by atoms with Gasteiger partial charge in [0, 0.05) is 32.5 Å². The zero-order valence-electron chi connectivity index (χ0n) is 15.6. The third-order valence-corrected chi connectivity index (χ3v) is 5.11. The molecule has 26 heavy (non-hydrogen) atoms. The van der Waals surface area contributed by atoms with Gasteiger partial charge in [0.05, 0.1) is 0 Å². The first kappa shape index (κ1) is 18.5. The van der Waals surface area contributed by atoms with Crippen molar-refractivity contribution in [2.45, 2.75) is 38.7 Å². The van der Waals surface area contributed by atoms with Gasteiger partial charge in [-0.1, -0.05) is 48.9 Å². The molecule has 1 aliphatic heterocycles. The van der Waals surface area contributed by atoms with E-state index in [1.165, 1.54) is 5.57 Å². The number of benzene rings is 2. The molecule has 0 aromatic heterocycles. The number of nitrogens with zero attached hydrogens (tertiary/aromatic N) is 1. The van der Waals surface area contributed by atoms with Crippen LogP contribution in [0.15, 0.2) is 54.1 Å². The van der Waals surface area contributed by atoms with Gasteiger partial charge in [0.1, 0.15) is 5.75 Å². The van der Waals surface area contributed by atoms with Gasteiger partial charge in [0.15, 0.2) is 0 Å². The van der Waals surface area contributed by atoms with Crippen LogP contribution in [-0.4, -0.2) is 41.2 Å². The number of carbonyl (C=O) groups is 1. The number of aliphatic carboxylic acids is 1. The van der Waals surface area contributed by atoms with Gasteiger partial charge >= 0.3 is 5.97 Å². The van der Waals surface area contributed by atoms with Crippen LogP contribution in [0.1, 0.15) is 33.1 Å². The van der Waals surface area contributed by atoms with Crippen molar-refractivity contribution in [3.8, 4) is 5.75 Å². The maximum atomic E-state index is 12.0. The summed E-state index contributed by atoms with van der Waals surface area (Å²) in [4.78, 5) is 14.3. The van der Waals surface area contributed by atoms with Gasteiger partial charge in [0.2, 0.25) is 5.60 Å². The van der Waals surface area contributed by atoms with Gasteiger partial charge in [-0.05, 0) is 36.2 Å². The van der Waals surface area contributed by atoms with Crippen LogP contribution in [0, 0.1) is 0 Å². The highest BCUT2D eigenvalue weighted by molar-refractivity contribution is 5.84. The molecule has 0 saturated carbocycles. The summed E-state index contributed by atoms with van der Waals surface area (Å²) in [5.74, 6) is -0.243. The fourth-order valence-corrected chi connectivity index (χ4v) is 3.65. The van der Waals surface area contributed by atoms with Crippen molar-refractivity contribution in [3.05, 3.63) is 54.1 Å². The van der Waals surface area contributed by atoms with Crippen molar-refractivity contribution in [2.24, 2.45) is 0 Å². The Labute approximate surface area is 155 Å². The Morgan fingerprint density at radius 3 is 2.54 bits per heavy atom. The standard InChI is InChI=1S/C22H27NO3/c1-3-6-17(2)16-23-13-11-22(12-14-23,21(24)25)26-20-10-9-18-7-4-5-8-19(18)15-20/h4-10,15H,3,11-14,16H2,1-2H3,(H,24,25)/b17-6+. The summed E-state index contributed by atoms with van der Waals surface area (Å²) in [5, 5.41) is 12.0. The minimum atomic E-state index is -1.14. The minimum absolute atomic E-state index is 0.495. The van der Waals surface area contributed by atoms with Gasteiger partial charge in [-0.15, -0.1) is 0 Å². The average molecular weight is 353 g/mol. The summed E-state index contributed by atoms with van der Waals surface area (Å²) in [6.45, 7) is 6.63. The van der Waals surface area contributed by atoms with E-state index in [2.05, 4.69) is 24.8 Å². The smallest absolute Gasteiger partial charge is 0.348 e. The highest BCUT2D eigenvalue weighted by Gasteiger charge is 2.44. The lowest BCUT2D eigenvalue weighted by atomic mass is 9.90. The van der Waals surface area contributed by atoms with E-state index in [1.54, 1.807) is 0 Å². The quantitative estimate of drug-likeness (QED) is 0.777. The average Bonchev–Trinajstić information content (AvgIpc) is 2.63. The normalized spacial score (nSPS) is 18.0. The van der Waals surface area contributed by atoms with Crippen molar-refractivity contribution in [1.29, 1.82) is 0 Å². The van der Waals surface area contributed by atoms with Crippen LogP contribution in [0.25, 0.3) is 10.8 Å². The Hall–Kier alpha value is -2.33. The van der Waals surface area contributed by atoms with Crippen LogP contribution in [0.3, 0.4) is 0 Å². The zero-order chi connectivity index (χ0) is 18.6. The van der Waals surface area contributed by atoms with Crippen LogP contribution < -0.4 is 4.74 Å². The van der Waals surface area contributed by atoms with E-state index in [4.69, 9.17) is 4.74 Å². The van der Waals surface area contributed by atoms with Gasteiger partial charge < -0.3 is 9.84 Å². The molecule has 2 aromatic rings. The second-order valence-electron chi connectivity index (χ2n) is 7.15. The molecule has 0 aliphatic carbocycles. The topological polar surface area (TPSA) is 49.8 Å². The number of piperidine rings is 1. The predicted molar refractivity (Wildman–Crippen MR) is 105 cm³/mol. The molecular formula is C22H27NO3. The molecule has 1 saturated heterocycles. The van der Waals surface area contributed by atoms with Crippen LogP contribution >= 0.6 is 0 Å². The number of fused-ring (bicyclic) bond motifs is 1. The molecule has 0 amide bonds. The van der Waals surface area contributed by atoms with E-state index in [1.807, 2.05) is 42.5 Å². The lowest BCUT2D eigenvalue weighted by molar-refractivity contribution is -0.159. The zero-order valence-corrected chi connectivity index (χ0v) is 15.6. The molecule has 4 nitrogen and oxygen atoms in total. The molecule has 1 fully saturated rings. The Morgan fingerprint density at radius 2 is 1.88 bits per heavy atom. The van der Waals surface area contributed by atoms with E-state index in [0.29, 0.717) is 18.6 Å². The van der Waals surface area contributed by atoms with E-state index < -0.39 is 11.6 Å². The van der Waals surface area contributed by atoms with Crippen LogP contribution in [0.5, 0.6) is 5.75 Å². The third-order valence-electron chi connectivity index (χ3n) is 5.11. The second kappa shape index (κ2) is 7.92. The van der Waals surface area contributed by atoms with E-state index in [0.717, 1.165) is 36.8 Å². The molecule has 2 aromatic carbocycles. The van der Waals surface area contributed by atoms with E-state index in [9.17, 15) is 9.90 Å².